The van der Waals surface area contributed by atoms with Gasteiger partial charge < -0.3 is 14.7 Å². The second-order valence-electron chi connectivity index (χ2n) is 13.4. The third kappa shape index (κ3) is 4.91. The molecule has 1 N–H and O–H groups in total. The Hall–Kier alpha value is -5.61. The lowest BCUT2D eigenvalue weighted by Gasteiger charge is -2.50. The van der Waals surface area contributed by atoms with Crippen LogP contribution in [0.1, 0.15) is 24.3 Å². The number of rotatable bonds is 7. The van der Waals surface area contributed by atoms with Gasteiger partial charge in [-0.1, -0.05) is 17.7 Å². The number of hydrogen-bond donors (Lipinski definition) is 1. The molecule has 53 heavy (non-hydrogen) atoms. The first kappa shape index (κ1) is 35.8. The van der Waals surface area contributed by atoms with Crippen LogP contribution in [-0.2, 0) is 19.2 Å². The number of ether oxygens (including phenoxy) is 1. The Morgan fingerprint density at radius 3 is 2.08 bits per heavy atom. The predicted molar refractivity (Wildman–Crippen MR) is 188 cm³/mol. The number of nitro groups is 2. The number of imide groups is 2. The molecule has 18 heteroatoms. The number of aromatic hydroxyl groups is 1. The van der Waals surface area contributed by atoms with Crippen LogP contribution < -0.4 is 19.4 Å². The number of anilines is 3. The number of carbonyl (C=O) groups excluding carboxylic acids is 4. The van der Waals surface area contributed by atoms with Crippen LogP contribution in [0.15, 0.2) is 66.2 Å². The maximum atomic E-state index is 14.5. The Morgan fingerprint density at radius 2 is 1.51 bits per heavy atom. The minimum absolute atomic E-state index is 0.00540. The topological polar surface area (TPSA) is 194 Å². The summed E-state index contributed by atoms with van der Waals surface area (Å²) in [5.41, 5.74) is -1.52. The van der Waals surface area contributed by atoms with E-state index in [0.29, 0.717) is 10.5 Å². The van der Waals surface area contributed by atoms with Gasteiger partial charge in [-0.25, -0.2) is 14.2 Å². The molecule has 2 aliphatic heterocycles. The summed E-state index contributed by atoms with van der Waals surface area (Å²) < 4.78 is 19.2. The van der Waals surface area contributed by atoms with Crippen molar-refractivity contribution in [3.05, 3.63) is 97.9 Å². The van der Waals surface area contributed by atoms with Crippen molar-refractivity contribution in [3.63, 3.8) is 0 Å². The maximum Gasteiger partial charge on any atom is 0.301 e. The molecule has 3 aromatic rings. The third-order valence-electron chi connectivity index (χ3n) is 10.6. The highest BCUT2D eigenvalue weighted by Crippen LogP contribution is 2.66. The summed E-state index contributed by atoms with van der Waals surface area (Å²) in [6.45, 7) is 0. The van der Waals surface area contributed by atoms with E-state index in [-0.39, 0.29) is 34.9 Å². The number of nitro benzene ring substituents is 2. The zero-order valence-corrected chi connectivity index (χ0v) is 29.5. The average Bonchev–Trinajstić information content (AvgIpc) is 3.45. The van der Waals surface area contributed by atoms with E-state index in [0.717, 1.165) is 29.2 Å². The number of halogens is 3. The van der Waals surface area contributed by atoms with E-state index in [1.165, 1.54) is 56.4 Å². The van der Waals surface area contributed by atoms with Crippen molar-refractivity contribution in [1.82, 2.24) is 0 Å². The molecule has 0 bridgehead atoms. The van der Waals surface area contributed by atoms with Crippen molar-refractivity contribution < 1.29 is 43.3 Å². The van der Waals surface area contributed by atoms with Gasteiger partial charge in [-0.2, -0.15) is 0 Å². The largest absolute Gasteiger partial charge is 0.504 e. The molecule has 6 unspecified atom stereocenters. The predicted octanol–water partition coefficient (Wildman–Crippen LogP) is 5.19. The first-order valence-corrected chi connectivity index (χ1v) is 16.8. The third-order valence-corrected chi connectivity index (χ3v) is 12.0. The van der Waals surface area contributed by atoms with Gasteiger partial charge in [-0.15, -0.1) is 23.2 Å². The van der Waals surface area contributed by atoms with E-state index in [2.05, 4.69) is 0 Å². The molecule has 274 valence electrons. The molecule has 0 radical (unpaired) electrons. The Balaban J connectivity index is 1.39. The lowest BCUT2D eigenvalue weighted by molar-refractivity contribution is -0.392. The maximum absolute atomic E-state index is 14.5. The molecule has 0 spiro atoms. The van der Waals surface area contributed by atoms with E-state index in [4.69, 9.17) is 27.9 Å². The highest BCUT2D eigenvalue weighted by molar-refractivity contribution is 6.58. The van der Waals surface area contributed by atoms with Crippen LogP contribution in [0.25, 0.3) is 0 Å². The molecule has 3 aromatic carbocycles. The summed E-state index contributed by atoms with van der Waals surface area (Å²) in [5, 5.41) is 34.6. The number of phenolic OH excluding ortho intramolecular Hbond substituents is 1. The van der Waals surface area contributed by atoms with Gasteiger partial charge in [0, 0.05) is 32.1 Å². The van der Waals surface area contributed by atoms with Crippen molar-refractivity contribution in [1.29, 1.82) is 0 Å². The number of fused-ring (bicyclic) bond motifs is 4. The van der Waals surface area contributed by atoms with Gasteiger partial charge in [0.05, 0.1) is 40.2 Å². The van der Waals surface area contributed by atoms with Crippen molar-refractivity contribution in [3.8, 4) is 11.5 Å². The van der Waals surface area contributed by atoms with E-state index in [1.54, 1.807) is 6.08 Å². The normalized spacial score (nSPS) is 27.6. The number of phenols is 1. The molecule has 15 nitrogen and oxygen atoms in total. The lowest BCUT2D eigenvalue weighted by atomic mass is 9.56. The average molecular weight is 769 g/mol. The number of carbonyl (C=O) groups is 4. The highest BCUT2D eigenvalue weighted by Gasteiger charge is 2.76. The Bertz CT molecular complexity index is 2180. The number of nitrogens with zero attached hydrogens (tertiary/aromatic N) is 5. The number of hydrogen-bond acceptors (Lipinski definition) is 11. The second kappa shape index (κ2) is 12.2. The molecular formula is C35H28Cl2FN5O10. The van der Waals surface area contributed by atoms with Crippen LogP contribution in [0.4, 0.5) is 32.8 Å². The fourth-order valence-electron chi connectivity index (χ4n) is 8.36. The summed E-state index contributed by atoms with van der Waals surface area (Å²) in [7, 11) is 4.04. The summed E-state index contributed by atoms with van der Waals surface area (Å²) in [6, 6.07) is 10.5. The van der Waals surface area contributed by atoms with Crippen molar-refractivity contribution >= 4 is 75.3 Å². The molecule has 3 fully saturated rings. The first-order valence-electron chi connectivity index (χ1n) is 16.1. The number of methoxy groups -OCH3 is 1. The monoisotopic (exact) mass is 767 g/mol. The van der Waals surface area contributed by atoms with Crippen LogP contribution >= 0.6 is 23.2 Å². The fraction of sp³-hybridized carbons (Fsp3) is 0.314. The number of alkyl halides is 2. The van der Waals surface area contributed by atoms with Crippen molar-refractivity contribution in [2.24, 2.45) is 17.8 Å². The van der Waals surface area contributed by atoms with Gasteiger partial charge in [-0.05, 0) is 60.7 Å². The number of allylic oxidation sites excluding steroid dienone is 2. The molecule has 4 aliphatic rings. The van der Waals surface area contributed by atoms with E-state index in [1.807, 2.05) is 0 Å². The molecule has 2 saturated heterocycles. The Morgan fingerprint density at radius 1 is 0.887 bits per heavy atom. The second-order valence-corrected chi connectivity index (χ2v) is 14.7. The minimum Gasteiger partial charge on any atom is -0.504 e. The zero-order valence-electron chi connectivity index (χ0n) is 28.0. The number of amides is 4. The first-order chi connectivity index (χ1) is 25.0. The van der Waals surface area contributed by atoms with Gasteiger partial charge in [0.25, 0.3) is 11.8 Å². The van der Waals surface area contributed by atoms with Gasteiger partial charge in [0.1, 0.15) is 5.82 Å². The highest BCUT2D eigenvalue weighted by atomic mass is 35.5. The summed E-state index contributed by atoms with van der Waals surface area (Å²) in [5.74, 6) is -9.02. The van der Waals surface area contributed by atoms with E-state index < -0.39 is 96.2 Å². The van der Waals surface area contributed by atoms with E-state index >= 15 is 0 Å². The molecular weight excluding hydrogens is 740 g/mol. The quantitative estimate of drug-likeness (QED) is 0.109. The molecule has 2 heterocycles. The minimum atomic E-state index is -2.26. The fourth-order valence-corrected chi connectivity index (χ4v) is 9.29. The SMILES string of the molecule is COc1cc(C2C3=CCC4C(=O)N(c5cc([N+](=O)[O-])c(N(C)C)c([N+](=O)[O-])c5)C(=O)C4C3CC3(Cl)C(=O)N(c4ccc(F)cc4)C(=O)C23Cl)ccc1O. The van der Waals surface area contributed by atoms with Gasteiger partial charge in [0.2, 0.25) is 11.8 Å². The van der Waals surface area contributed by atoms with Gasteiger partial charge >= 0.3 is 11.4 Å². The van der Waals surface area contributed by atoms with Crippen LogP contribution in [0.5, 0.6) is 11.5 Å². The Kier molecular flexibility index (Phi) is 8.26. The standard InChI is InChI=1S/C35H28Cl2FN5O10/c1-39(2)29-23(42(49)50)13-19(14-24(29)43(51)52)40-30(45)21-10-9-20-22(27(21)31(40)46)15-34(36)32(47)41(18-7-5-17(38)6-8-18)33(48)35(34,37)28(20)16-4-11-25(44)26(12-16)53-3/h4-9,11-14,21-22,27-28,44H,10,15H2,1-3H3. The summed E-state index contributed by atoms with van der Waals surface area (Å²) >= 11 is 14.7. The smallest absolute Gasteiger partial charge is 0.301 e. The van der Waals surface area contributed by atoms with Gasteiger partial charge in [-0.3, -0.25) is 39.4 Å². The molecule has 0 aromatic heterocycles. The molecule has 4 amide bonds. The van der Waals surface area contributed by atoms with Crippen molar-refractivity contribution in [2.45, 2.75) is 28.5 Å². The Labute approximate surface area is 309 Å². The summed E-state index contributed by atoms with van der Waals surface area (Å²) in [4.78, 5) is 78.2. The van der Waals surface area contributed by atoms with Crippen LogP contribution in [0, 0.1) is 43.8 Å². The molecule has 1 saturated carbocycles. The van der Waals surface area contributed by atoms with E-state index in [9.17, 15) is 48.9 Å². The van der Waals surface area contributed by atoms with Crippen LogP contribution in [0.2, 0.25) is 0 Å². The van der Waals surface area contributed by atoms with Crippen LogP contribution in [0.3, 0.4) is 0 Å². The number of benzene rings is 3. The zero-order chi connectivity index (χ0) is 38.5. The summed E-state index contributed by atoms with van der Waals surface area (Å²) in [6.07, 6.45) is 1.14. The molecule has 6 atom stereocenters. The van der Waals surface area contributed by atoms with Crippen LogP contribution in [-0.4, -0.2) is 69.5 Å². The lowest BCUT2D eigenvalue weighted by Crippen LogP contribution is -2.60. The van der Waals surface area contributed by atoms with Gasteiger partial charge in [0.15, 0.2) is 26.9 Å². The molecule has 2 aliphatic carbocycles. The molecule has 7 rings (SSSR count). The van der Waals surface area contributed by atoms with Crippen molar-refractivity contribution in [2.75, 3.05) is 35.9 Å².